The lowest BCUT2D eigenvalue weighted by atomic mass is 10.0. The second-order valence-corrected chi connectivity index (χ2v) is 21.7. The summed E-state index contributed by atoms with van der Waals surface area (Å²) >= 11 is 1.25. The van der Waals surface area contributed by atoms with Crippen molar-refractivity contribution in [2.45, 2.75) is 132 Å². The van der Waals surface area contributed by atoms with Gasteiger partial charge in [-0.1, -0.05) is 30.3 Å². The topological polar surface area (TPSA) is 533 Å². The number of aliphatic carboxylic acids is 1. The van der Waals surface area contributed by atoms with Crippen LogP contribution in [0.15, 0.2) is 56.8 Å². The van der Waals surface area contributed by atoms with Crippen LogP contribution in [0.1, 0.15) is 73.8 Å². The van der Waals surface area contributed by atoms with Crippen molar-refractivity contribution >= 4 is 88.3 Å². The third-order valence-electron chi connectivity index (χ3n) is 14.2. The van der Waals surface area contributed by atoms with E-state index in [2.05, 4.69) is 46.9 Å². The van der Waals surface area contributed by atoms with Crippen LogP contribution in [0.3, 0.4) is 0 Å². The number of benzene rings is 1. The van der Waals surface area contributed by atoms with Crippen molar-refractivity contribution in [3.8, 4) is 0 Å². The zero-order chi connectivity index (χ0) is 62.3. The average Bonchev–Trinajstić information content (AvgIpc) is 2.77. The molecule has 5 rings (SSSR count). The van der Waals surface area contributed by atoms with Crippen molar-refractivity contribution in [3.63, 3.8) is 0 Å². The normalized spacial score (nSPS) is 19.0. The van der Waals surface area contributed by atoms with Crippen molar-refractivity contribution in [1.82, 2.24) is 46.6 Å². The fourth-order valence-electron chi connectivity index (χ4n) is 9.93. The molecule has 3 aliphatic rings. The van der Waals surface area contributed by atoms with E-state index < -0.39 is 133 Å². The number of amides is 9. The van der Waals surface area contributed by atoms with Crippen LogP contribution in [0.25, 0.3) is 0 Å². The van der Waals surface area contributed by atoms with Gasteiger partial charge in [0, 0.05) is 63.4 Å². The lowest BCUT2D eigenvalue weighted by Gasteiger charge is -2.33. The predicted octanol–water partition coefficient (Wildman–Crippen LogP) is -7.07. The Hall–Kier alpha value is -8.69. The second-order valence-electron chi connectivity index (χ2n) is 20.7. The molecule has 2 saturated heterocycles. The monoisotopic (exact) mass is 1210 g/mol. The first-order valence-electron chi connectivity index (χ1n) is 27.7. The molecule has 23 N–H and O–H groups in total. The van der Waals surface area contributed by atoms with Gasteiger partial charge in [-0.05, 0) is 73.9 Å². The van der Waals surface area contributed by atoms with Gasteiger partial charge in [0.15, 0.2) is 17.9 Å². The molecule has 1 aromatic heterocycles. The molecule has 85 heavy (non-hydrogen) atoms. The molecule has 4 heterocycles. The summed E-state index contributed by atoms with van der Waals surface area (Å²) in [4.78, 5) is 153. The minimum absolute atomic E-state index is 0.0275. The van der Waals surface area contributed by atoms with Crippen LogP contribution in [0.2, 0.25) is 0 Å². The predicted molar refractivity (Wildman–Crippen MR) is 310 cm³/mol. The van der Waals surface area contributed by atoms with Crippen molar-refractivity contribution in [3.05, 3.63) is 57.8 Å². The van der Waals surface area contributed by atoms with Crippen molar-refractivity contribution in [2.75, 3.05) is 52.4 Å². The van der Waals surface area contributed by atoms with E-state index in [4.69, 9.17) is 40.1 Å². The molecule has 0 bridgehead atoms. The number of hydrogen-bond donors (Lipinski definition) is 16. The Morgan fingerprint density at radius 2 is 1.32 bits per heavy atom. The zero-order valence-electron chi connectivity index (χ0n) is 46.9. The molecule has 0 spiro atoms. The summed E-state index contributed by atoms with van der Waals surface area (Å²) in [5.41, 5.74) is 39.8. The van der Waals surface area contributed by atoms with Gasteiger partial charge in [0.2, 0.25) is 53.2 Å². The highest BCUT2D eigenvalue weighted by Gasteiger charge is 2.46. The number of guanidine groups is 3. The van der Waals surface area contributed by atoms with E-state index in [-0.39, 0.29) is 115 Å². The number of aliphatic hydroxyl groups excluding tert-OH is 2. The van der Waals surface area contributed by atoms with Gasteiger partial charge >= 0.3 is 5.97 Å². The molecule has 9 amide bonds. The molecule has 0 aliphatic carbocycles. The number of aliphatic hydroxyl groups is 2. The van der Waals surface area contributed by atoms with Crippen LogP contribution in [0.4, 0.5) is 0 Å². The number of rotatable bonds is 31. The average molecular weight is 1210 g/mol. The van der Waals surface area contributed by atoms with E-state index in [1.807, 2.05) is 0 Å². The Kier molecular flexibility index (Phi) is 26.0. The summed E-state index contributed by atoms with van der Waals surface area (Å²) in [5.74, 6) is -8.87. The van der Waals surface area contributed by atoms with Crippen LogP contribution in [0.5, 0.6) is 0 Å². The summed E-state index contributed by atoms with van der Waals surface area (Å²) < 4.78 is 0. The lowest BCUT2D eigenvalue weighted by molar-refractivity contribution is -0.148. The molecular formula is C52H79N19O13S. The van der Waals surface area contributed by atoms with E-state index in [1.54, 1.807) is 41.8 Å². The SMILES string of the molecule is NC(N)=NCCC[C@@H](N)C(=O)N[C@@H](CCCN=C(N)N)C(=O)N1CCC[C@H]1C(=O)N1C[C@H](O)C[C@H]1C(=O)NCC(=O)N[C@@H](Cc1cccs1)C(=O)N[C@@H](CO)C(=O)N[C@@H]1Cc2ccccc2CN(CC(=O)N[C@@H](CCCN=C(N)N)C(=O)O)C1=O. The number of hydrogen-bond acceptors (Lipinski definition) is 17. The van der Waals surface area contributed by atoms with Crippen molar-refractivity contribution in [1.29, 1.82) is 0 Å². The number of carbonyl (C=O) groups excluding carboxylic acids is 9. The van der Waals surface area contributed by atoms with E-state index in [9.17, 15) is 63.3 Å². The Morgan fingerprint density at radius 1 is 0.706 bits per heavy atom. The molecule has 0 unspecified atom stereocenters. The van der Waals surface area contributed by atoms with Gasteiger partial charge in [-0.15, -0.1) is 11.3 Å². The minimum atomic E-state index is -1.69. The number of likely N-dealkylation sites (tertiary alicyclic amines) is 2. The van der Waals surface area contributed by atoms with Crippen LogP contribution in [-0.4, -0.2) is 214 Å². The number of nitrogens with one attached hydrogen (secondary N) is 6. The number of aliphatic imine (C=N–C) groups is 3. The maximum Gasteiger partial charge on any atom is 0.326 e. The highest BCUT2D eigenvalue weighted by molar-refractivity contribution is 7.09. The standard InChI is InChI=1S/C52H79N19O13S/c53-32(11-3-15-60-50(54)55)42(76)66-33(12-4-16-61-51(56)57)47(81)70-18-6-14-38(70)48(82)71-25-30(73)21-39(71)45(79)63-23-40(74)65-35(22-31-10-7-19-85-31)43(77)68-37(27-72)44(78)67-36-20-28-8-1-2-9-29(28)24-69(46(36)80)26-41(75)64-34(49(83)84)13-5-17-62-52(58)59/h1-2,7-10,19,30,32-39,72-73H,3-6,11-18,20-27,53H2,(H,63,79)(H,64,75)(H,65,74)(H,66,76)(H,67,78)(H,68,77)(H,83,84)(H4,54,55,60)(H4,56,57,61)(H4,58,59,62)/t30-,32-,33+,34+,35+,36-,37+,38+,39+/m1/s1. The number of nitrogens with two attached hydrogens (primary N) is 7. The van der Waals surface area contributed by atoms with Crippen molar-refractivity contribution < 1.29 is 63.3 Å². The van der Waals surface area contributed by atoms with Gasteiger partial charge in [-0.25, -0.2) is 4.79 Å². The fourth-order valence-corrected chi connectivity index (χ4v) is 10.7. The Labute approximate surface area is 493 Å². The fraction of sp³-hybridized carbons (Fsp3) is 0.558. The molecule has 2 aromatic rings. The molecule has 9 atom stereocenters. The zero-order valence-corrected chi connectivity index (χ0v) is 47.8. The smallest absolute Gasteiger partial charge is 0.326 e. The van der Waals surface area contributed by atoms with Gasteiger partial charge < -0.3 is 102 Å². The number of thiophene rings is 1. The summed E-state index contributed by atoms with van der Waals surface area (Å²) in [6.45, 7) is -2.08. The number of β-amino-alcohol motifs (C(OH)–C–C–N with tert-alkyl or cyclic N) is 1. The first-order chi connectivity index (χ1) is 40.4. The van der Waals surface area contributed by atoms with E-state index in [0.717, 1.165) is 9.80 Å². The Bertz CT molecular complexity index is 2770. The van der Waals surface area contributed by atoms with Crippen LogP contribution >= 0.6 is 11.3 Å². The number of carboxylic acid groups (broad SMARTS) is 1. The van der Waals surface area contributed by atoms with Gasteiger partial charge in [0.05, 0.1) is 31.8 Å². The molecule has 0 saturated carbocycles. The van der Waals surface area contributed by atoms with E-state index >= 15 is 0 Å². The molecule has 0 radical (unpaired) electrons. The van der Waals surface area contributed by atoms with Crippen molar-refractivity contribution in [2.24, 2.45) is 55.1 Å². The van der Waals surface area contributed by atoms with Crippen LogP contribution in [-0.2, 0) is 67.3 Å². The quantitative estimate of drug-likeness (QED) is 0.0189. The molecule has 1 aromatic carbocycles. The molecular weight excluding hydrogens is 1130 g/mol. The lowest BCUT2D eigenvalue weighted by Crippen LogP contribution is -2.59. The number of carbonyl (C=O) groups is 10. The molecule has 2 fully saturated rings. The first-order valence-corrected chi connectivity index (χ1v) is 28.5. The summed E-state index contributed by atoms with van der Waals surface area (Å²) in [6.07, 6.45) is 0.0884. The molecule has 3 aliphatic heterocycles. The second kappa shape index (κ2) is 33.0. The van der Waals surface area contributed by atoms with E-state index in [1.165, 1.54) is 16.2 Å². The molecule has 466 valence electrons. The third-order valence-corrected chi connectivity index (χ3v) is 15.1. The maximum absolute atomic E-state index is 14.4. The van der Waals surface area contributed by atoms with Crippen LogP contribution < -0.4 is 72.0 Å². The molecule has 32 nitrogen and oxygen atoms in total. The number of fused-ring (bicyclic) bond motifs is 1. The number of carboxylic acids is 1. The van der Waals surface area contributed by atoms with E-state index in [0.29, 0.717) is 28.8 Å². The van der Waals surface area contributed by atoms with Gasteiger partial charge in [-0.2, -0.15) is 0 Å². The molecule has 33 heteroatoms. The van der Waals surface area contributed by atoms with Gasteiger partial charge in [-0.3, -0.25) is 58.1 Å². The Balaban J connectivity index is 1.22. The van der Waals surface area contributed by atoms with Gasteiger partial charge in [0.1, 0.15) is 42.3 Å². The summed E-state index contributed by atoms with van der Waals surface area (Å²) in [6, 6.07) is -0.0853. The Morgan fingerprint density at radius 3 is 1.93 bits per heavy atom. The minimum Gasteiger partial charge on any atom is -0.480 e. The highest BCUT2D eigenvalue weighted by Crippen LogP contribution is 2.27. The maximum atomic E-state index is 14.4. The summed E-state index contributed by atoms with van der Waals surface area (Å²) in [7, 11) is 0. The van der Waals surface area contributed by atoms with Gasteiger partial charge in [0.25, 0.3) is 0 Å². The van der Waals surface area contributed by atoms with Crippen LogP contribution in [0, 0.1) is 0 Å². The third kappa shape index (κ3) is 20.9. The number of nitrogens with zero attached hydrogens (tertiary/aromatic N) is 6. The summed E-state index contributed by atoms with van der Waals surface area (Å²) in [5, 5.41) is 47.9. The largest absolute Gasteiger partial charge is 0.480 e. The first kappa shape index (κ1) is 67.1. The highest BCUT2D eigenvalue weighted by atomic mass is 32.1.